The van der Waals surface area contributed by atoms with E-state index in [1.807, 2.05) is 6.92 Å². The highest BCUT2D eigenvalue weighted by Gasteiger charge is 2.21. The summed E-state index contributed by atoms with van der Waals surface area (Å²) in [7, 11) is 0. The molecule has 0 saturated heterocycles. The molecule has 2 atom stereocenters. The Morgan fingerprint density at radius 2 is 2.20 bits per heavy atom. The second-order valence-electron chi connectivity index (χ2n) is 7.07. The monoisotopic (exact) mass is 433 g/mol. The topological polar surface area (TPSA) is 101 Å². The lowest BCUT2D eigenvalue weighted by atomic mass is 10.1. The lowest BCUT2D eigenvalue weighted by molar-refractivity contribution is 0.0283. The molecule has 0 aliphatic carbocycles. The van der Waals surface area contributed by atoms with Gasteiger partial charge in [-0.05, 0) is 30.7 Å². The molecular formula is C20H21ClFN5O3. The molecule has 30 heavy (non-hydrogen) atoms. The number of aliphatic hydroxyl groups is 1. The van der Waals surface area contributed by atoms with Gasteiger partial charge in [0.05, 0.1) is 47.8 Å². The predicted molar refractivity (Wildman–Crippen MR) is 110 cm³/mol. The zero-order chi connectivity index (χ0) is 21.3. The highest BCUT2D eigenvalue weighted by molar-refractivity contribution is 6.30. The predicted octanol–water partition coefficient (Wildman–Crippen LogP) is 3.04. The minimum Gasteiger partial charge on any atom is -0.390 e. The van der Waals surface area contributed by atoms with Crippen LogP contribution in [-0.4, -0.2) is 45.2 Å². The first-order valence-corrected chi connectivity index (χ1v) is 9.96. The summed E-state index contributed by atoms with van der Waals surface area (Å²) in [6.07, 6.45) is 1.12. The number of aromatic nitrogens is 3. The summed E-state index contributed by atoms with van der Waals surface area (Å²) in [5.74, 6) is -0.257. The third-order valence-corrected chi connectivity index (χ3v) is 5.21. The molecule has 2 amide bonds. The number of rotatable bonds is 2. The molecule has 3 heterocycles. The first kappa shape index (κ1) is 20.5. The van der Waals surface area contributed by atoms with Gasteiger partial charge >= 0.3 is 6.03 Å². The Morgan fingerprint density at radius 3 is 2.97 bits per heavy atom. The maximum absolute atomic E-state index is 13.9. The number of hydrogen-bond donors (Lipinski definition) is 3. The second-order valence-corrected chi connectivity index (χ2v) is 7.48. The van der Waals surface area contributed by atoms with Crippen molar-refractivity contribution in [2.75, 3.05) is 18.5 Å². The molecule has 4 rings (SSSR count). The Balaban J connectivity index is 1.67. The van der Waals surface area contributed by atoms with Crippen molar-refractivity contribution in [2.24, 2.45) is 0 Å². The third-order valence-electron chi connectivity index (χ3n) is 4.90. The summed E-state index contributed by atoms with van der Waals surface area (Å²) in [5.41, 5.74) is 1.93. The number of pyridine rings is 1. The molecule has 0 unspecified atom stereocenters. The van der Waals surface area contributed by atoms with Gasteiger partial charge in [0.2, 0.25) is 0 Å². The molecule has 0 saturated carbocycles. The molecule has 10 heteroatoms. The number of nitrogens with zero attached hydrogens (tertiary/aromatic N) is 3. The van der Waals surface area contributed by atoms with Crippen molar-refractivity contribution < 1.29 is 19.0 Å². The van der Waals surface area contributed by atoms with Crippen LogP contribution < -0.4 is 10.6 Å². The molecule has 3 aromatic rings. The van der Waals surface area contributed by atoms with Crippen LogP contribution in [0.1, 0.15) is 24.2 Å². The fourth-order valence-corrected chi connectivity index (χ4v) is 3.63. The van der Waals surface area contributed by atoms with Crippen LogP contribution in [0.5, 0.6) is 0 Å². The quantitative estimate of drug-likeness (QED) is 0.576. The normalized spacial score (nSPS) is 20.2. The van der Waals surface area contributed by atoms with Crippen molar-refractivity contribution in [1.82, 2.24) is 20.1 Å². The van der Waals surface area contributed by atoms with Crippen LogP contribution in [0.4, 0.5) is 15.0 Å². The number of urea groups is 1. The van der Waals surface area contributed by atoms with E-state index >= 15 is 0 Å². The number of aryl methyl sites for hydroxylation is 1. The number of amides is 2. The van der Waals surface area contributed by atoms with Crippen LogP contribution in [0.25, 0.3) is 10.9 Å². The van der Waals surface area contributed by atoms with Crippen molar-refractivity contribution in [3.63, 3.8) is 0 Å². The molecule has 8 nitrogen and oxygen atoms in total. The maximum atomic E-state index is 13.9. The van der Waals surface area contributed by atoms with Crippen molar-refractivity contribution in [1.29, 1.82) is 0 Å². The lowest BCUT2D eigenvalue weighted by Gasteiger charge is -2.22. The minimum atomic E-state index is -0.811. The smallest absolute Gasteiger partial charge is 0.320 e. The molecule has 3 N–H and O–H groups in total. The average Bonchev–Trinajstić information content (AvgIpc) is 3.12. The van der Waals surface area contributed by atoms with Gasteiger partial charge in [-0.3, -0.25) is 10.00 Å². The summed E-state index contributed by atoms with van der Waals surface area (Å²) in [6, 6.07) is 4.85. The van der Waals surface area contributed by atoms with Crippen LogP contribution in [0.2, 0.25) is 5.02 Å². The van der Waals surface area contributed by atoms with Crippen molar-refractivity contribution >= 4 is 34.4 Å². The first-order chi connectivity index (χ1) is 14.4. The van der Waals surface area contributed by atoms with E-state index in [0.717, 1.165) is 10.9 Å². The van der Waals surface area contributed by atoms with E-state index in [2.05, 4.69) is 20.7 Å². The Morgan fingerprint density at radius 1 is 1.37 bits per heavy atom. The van der Waals surface area contributed by atoms with Gasteiger partial charge in [-0.2, -0.15) is 5.10 Å². The van der Waals surface area contributed by atoms with Gasteiger partial charge in [0.1, 0.15) is 11.6 Å². The van der Waals surface area contributed by atoms with E-state index in [1.165, 1.54) is 12.1 Å². The summed E-state index contributed by atoms with van der Waals surface area (Å²) in [6.45, 7) is 2.70. The third kappa shape index (κ3) is 4.23. The Bertz CT molecular complexity index is 1090. The van der Waals surface area contributed by atoms with E-state index in [-0.39, 0.29) is 24.7 Å². The standard InChI is InChI=1S/C20H21ClFN5O3/c1-2-27-19-12(8-23-27)6-18-24-16(19)7-13(28)9-30-10-17(25-20(29)26-18)11-3-4-14(21)15(22)5-11/h3-6,8,13,17,28H,2,7,9-10H2,1H3,(H2,24,25,26,29)/t13-,17+/m0/s1. The molecule has 2 aromatic heterocycles. The number of anilines is 1. The SMILES string of the molecule is CCn1ncc2cc3nc(c21)C[C@H](O)COC[C@H](c1ccc(Cl)c(F)c1)NC(=O)N3. The minimum absolute atomic E-state index is 0.00893. The van der Waals surface area contributed by atoms with E-state index in [4.69, 9.17) is 16.3 Å². The lowest BCUT2D eigenvalue weighted by Crippen LogP contribution is -2.36. The van der Waals surface area contributed by atoms with Gasteiger partial charge in [0, 0.05) is 18.4 Å². The van der Waals surface area contributed by atoms with Crippen LogP contribution in [-0.2, 0) is 17.7 Å². The number of aliphatic hydroxyl groups excluding tert-OH is 1. The molecule has 158 valence electrons. The number of halogens is 2. The number of carbonyl (C=O) groups excluding carboxylic acids is 1. The van der Waals surface area contributed by atoms with Gasteiger partial charge in [-0.1, -0.05) is 17.7 Å². The number of carbonyl (C=O) groups is 1. The zero-order valence-corrected chi connectivity index (χ0v) is 17.0. The molecular weight excluding hydrogens is 413 g/mol. The fourth-order valence-electron chi connectivity index (χ4n) is 3.51. The van der Waals surface area contributed by atoms with Gasteiger partial charge in [0.15, 0.2) is 0 Å². The summed E-state index contributed by atoms with van der Waals surface area (Å²) in [5, 5.41) is 21.1. The van der Waals surface area contributed by atoms with Crippen LogP contribution in [0, 0.1) is 5.82 Å². The van der Waals surface area contributed by atoms with E-state index in [9.17, 15) is 14.3 Å². The van der Waals surface area contributed by atoms with Gasteiger partial charge in [-0.25, -0.2) is 14.2 Å². The highest BCUT2D eigenvalue weighted by Crippen LogP contribution is 2.24. The van der Waals surface area contributed by atoms with E-state index < -0.39 is 24.0 Å². The van der Waals surface area contributed by atoms with Crippen molar-refractivity contribution in [3.8, 4) is 0 Å². The first-order valence-electron chi connectivity index (χ1n) is 9.58. The molecule has 0 radical (unpaired) electrons. The second kappa shape index (κ2) is 8.55. The molecule has 1 aliphatic heterocycles. The van der Waals surface area contributed by atoms with Gasteiger partial charge < -0.3 is 15.2 Å². The van der Waals surface area contributed by atoms with Crippen LogP contribution in [0.15, 0.2) is 30.5 Å². The fraction of sp³-hybridized carbons (Fsp3) is 0.350. The summed E-state index contributed by atoms with van der Waals surface area (Å²) >= 11 is 5.76. The summed E-state index contributed by atoms with van der Waals surface area (Å²) in [4.78, 5) is 17.1. The Labute approximate surface area is 177 Å². The van der Waals surface area contributed by atoms with E-state index in [1.54, 1.807) is 23.0 Å². The number of fused-ring (bicyclic) bond motifs is 4. The average molecular weight is 434 g/mol. The molecule has 2 bridgehead atoms. The number of benzene rings is 1. The van der Waals surface area contributed by atoms with Gasteiger partial charge in [-0.15, -0.1) is 0 Å². The number of ether oxygens (including phenoxy) is 1. The molecule has 1 aromatic carbocycles. The number of hydrogen-bond acceptors (Lipinski definition) is 5. The van der Waals surface area contributed by atoms with Gasteiger partial charge in [0.25, 0.3) is 0 Å². The molecule has 1 aliphatic rings. The van der Waals surface area contributed by atoms with Crippen molar-refractivity contribution in [2.45, 2.75) is 32.0 Å². The Kier molecular flexibility index (Phi) is 5.85. The number of nitrogens with one attached hydrogen (secondary N) is 2. The van der Waals surface area contributed by atoms with E-state index in [0.29, 0.717) is 23.6 Å². The van der Waals surface area contributed by atoms with Crippen molar-refractivity contribution in [3.05, 3.63) is 52.6 Å². The van der Waals surface area contributed by atoms with Crippen LogP contribution in [0.3, 0.4) is 0 Å². The zero-order valence-electron chi connectivity index (χ0n) is 16.2. The van der Waals surface area contributed by atoms with Crippen LogP contribution >= 0.6 is 11.6 Å². The summed E-state index contributed by atoms with van der Waals surface area (Å²) < 4.78 is 21.3. The molecule has 0 fully saturated rings. The molecule has 0 spiro atoms. The Hall–Kier alpha value is -2.75. The largest absolute Gasteiger partial charge is 0.390 e. The highest BCUT2D eigenvalue weighted by atomic mass is 35.5. The maximum Gasteiger partial charge on any atom is 0.320 e.